The van der Waals surface area contributed by atoms with Crippen molar-refractivity contribution in [3.05, 3.63) is 40.3 Å². The fourth-order valence-electron chi connectivity index (χ4n) is 4.47. The van der Waals surface area contributed by atoms with Crippen LogP contribution in [0.5, 0.6) is 0 Å². The zero-order valence-corrected chi connectivity index (χ0v) is 18.6. The summed E-state index contributed by atoms with van der Waals surface area (Å²) in [7, 11) is 0. The van der Waals surface area contributed by atoms with Crippen LogP contribution < -0.4 is 11.1 Å². The lowest BCUT2D eigenvalue weighted by atomic mass is 9.72. The Morgan fingerprint density at radius 1 is 1.25 bits per heavy atom. The summed E-state index contributed by atoms with van der Waals surface area (Å²) >= 11 is 5.95. The molecule has 0 atom stereocenters. The summed E-state index contributed by atoms with van der Waals surface area (Å²) in [5.41, 5.74) is 4.62. The average Bonchev–Trinajstić information content (AvgIpc) is 3.01. The van der Waals surface area contributed by atoms with E-state index >= 15 is 0 Å². The van der Waals surface area contributed by atoms with Gasteiger partial charge in [-0.2, -0.15) is 5.10 Å². The van der Waals surface area contributed by atoms with Crippen LogP contribution in [-0.2, 0) is 12.1 Å². The summed E-state index contributed by atoms with van der Waals surface area (Å²) < 4.78 is 43.1. The zero-order chi connectivity index (χ0) is 23.6. The Bertz CT molecular complexity index is 1120. The van der Waals surface area contributed by atoms with E-state index in [4.69, 9.17) is 17.3 Å². The molecule has 0 saturated heterocycles. The van der Waals surface area contributed by atoms with Gasteiger partial charge in [-0.05, 0) is 39.0 Å². The van der Waals surface area contributed by atoms with E-state index in [0.29, 0.717) is 11.3 Å². The van der Waals surface area contributed by atoms with Crippen molar-refractivity contribution in [3.8, 4) is 11.3 Å². The first-order valence-corrected chi connectivity index (χ1v) is 10.4. The second-order valence-corrected chi connectivity index (χ2v) is 9.95. The van der Waals surface area contributed by atoms with E-state index in [-0.39, 0.29) is 29.4 Å². The molecule has 1 aromatic heterocycles. The summed E-state index contributed by atoms with van der Waals surface area (Å²) in [4.78, 5) is 26.5. The number of carbonyl (C=O) groups is 2. The Labute approximate surface area is 187 Å². The van der Waals surface area contributed by atoms with Crippen LogP contribution in [-0.4, -0.2) is 44.6 Å². The van der Waals surface area contributed by atoms with E-state index in [1.165, 1.54) is 21.7 Å². The molecule has 2 aliphatic rings. The lowest BCUT2D eigenvalue weighted by Gasteiger charge is -2.52. The second kappa shape index (κ2) is 7.13. The zero-order valence-electron chi connectivity index (χ0n) is 17.8. The highest BCUT2D eigenvalue weighted by molar-refractivity contribution is 6.31. The minimum Gasteiger partial charge on any atom is -0.351 e. The molecule has 7 nitrogen and oxygen atoms in total. The van der Waals surface area contributed by atoms with Crippen molar-refractivity contribution in [1.82, 2.24) is 20.0 Å². The topological polar surface area (TPSA) is 93.2 Å². The Morgan fingerprint density at radius 3 is 2.44 bits per heavy atom. The number of hydrogen-bond acceptors (Lipinski definition) is 3. The second-order valence-electron chi connectivity index (χ2n) is 9.54. The molecular formula is C21H23ClF3N5O2. The summed E-state index contributed by atoms with van der Waals surface area (Å²) in [6.07, 6.45) is -1.08. The summed E-state index contributed by atoms with van der Waals surface area (Å²) in [5.74, 6) is -4.06. The number of nitrogens with one attached hydrogen (secondary N) is 1. The maximum absolute atomic E-state index is 14.0. The molecule has 3 amide bonds. The lowest BCUT2D eigenvalue weighted by Crippen LogP contribution is -2.63. The van der Waals surface area contributed by atoms with Gasteiger partial charge in [0.1, 0.15) is 11.5 Å². The van der Waals surface area contributed by atoms with Crippen LogP contribution in [0.4, 0.5) is 18.0 Å². The van der Waals surface area contributed by atoms with Gasteiger partial charge in [0.15, 0.2) is 0 Å². The molecule has 2 aromatic rings. The van der Waals surface area contributed by atoms with Crippen molar-refractivity contribution >= 4 is 23.5 Å². The number of fused-ring (bicyclic) bond motifs is 2. The molecule has 32 heavy (non-hydrogen) atoms. The van der Waals surface area contributed by atoms with Crippen LogP contribution in [0.1, 0.15) is 49.7 Å². The van der Waals surface area contributed by atoms with Crippen LogP contribution in [0.25, 0.3) is 11.3 Å². The first kappa shape index (κ1) is 22.4. The molecule has 3 N–H and O–H groups in total. The Hall–Kier alpha value is -2.75. The van der Waals surface area contributed by atoms with Crippen LogP contribution in [0.3, 0.4) is 0 Å². The Balaban J connectivity index is 1.93. The van der Waals surface area contributed by atoms with Crippen molar-refractivity contribution < 1.29 is 22.8 Å². The number of aromatic nitrogens is 2. The van der Waals surface area contributed by atoms with E-state index in [2.05, 4.69) is 10.4 Å². The number of rotatable bonds is 2. The average molecular weight is 470 g/mol. The van der Waals surface area contributed by atoms with Gasteiger partial charge in [0.25, 0.3) is 11.8 Å². The normalized spacial score (nSPS) is 18.8. The van der Waals surface area contributed by atoms with E-state index < -0.39 is 47.6 Å². The Morgan fingerprint density at radius 2 is 1.91 bits per heavy atom. The highest BCUT2D eigenvalue weighted by atomic mass is 35.5. The van der Waals surface area contributed by atoms with Gasteiger partial charge in [-0.25, -0.2) is 18.0 Å². The molecule has 11 heteroatoms. The minimum absolute atomic E-state index is 0.0451. The van der Waals surface area contributed by atoms with E-state index in [9.17, 15) is 22.8 Å². The van der Waals surface area contributed by atoms with Crippen LogP contribution in [0.2, 0.25) is 5.02 Å². The number of alkyl halides is 2. The standard InChI is InChI=1S/C21H23ClF3N5O2/c1-19(2,3)27-17(31)15-14-7-29(18(26)32)10-20(8-21(24,25)9-20)30(14)28-16(15)11-4-5-13(23)12(22)6-11/h4-6H,7-10H2,1-3H3,(H2,26,32)(H,27,31). The number of halogens is 4. The van der Waals surface area contributed by atoms with Crippen molar-refractivity contribution in [1.29, 1.82) is 0 Å². The smallest absolute Gasteiger partial charge is 0.315 e. The summed E-state index contributed by atoms with van der Waals surface area (Å²) in [5, 5.41) is 7.22. The van der Waals surface area contributed by atoms with Gasteiger partial charge >= 0.3 is 6.03 Å². The van der Waals surface area contributed by atoms with E-state index in [0.717, 1.165) is 6.07 Å². The number of urea groups is 1. The molecule has 1 spiro atoms. The molecule has 1 aliphatic carbocycles. The molecule has 1 saturated carbocycles. The molecule has 0 radical (unpaired) electrons. The predicted octanol–water partition coefficient (Wildman–Crippen LogP) is 3.89. The maximum atomic E-state index is 14.0. The third kappa shape index (κ3) is 3.80. The first-order chi connectivity index (χ1) is 14.7. The molecule has 172 valence electrons. The monoisotopic (exact) mass is 469 g/mol. The van der Waals surface area contributed by atoms with Crippen molar-refractivity contribution in [2.75, 3.05) is 6.54 Å². The van der Waals surface area contributed by atoms with Crippen LogP contribution in [0, 0.1) is 5.82 Å². The predicted molar refractivity (Wildman–Crippen MR) is 112 cm³/mol. The van der Waals surface area contributed by atoms with Gasteiger partial charge in [-0.1, -0.05) is 11.6 Å². The molecule has 0 bridgehead atoms. The van der Waals surface area contributed by atoms with Crippen molar-refractivity contribution in [2.45, 2.75) is 57.2 Å². The number of primary amides is 1. The number of nitrogens with two attached hydrogens (primary N) is 1. The molecule has 1 aliphatic heterocycles. The van der Waals surface area contributed by atoms with Gasteiger partial charge in [-0.15, -0.1) is 0 Å². The molecule has 0 unspecified atom stereocenters. The van der Waals surface area contributed by atoms with Gasteiger partial charge in [0.05, 0.1) is 28.4 Å². The number of carbonyl (C=O) groups excluding carboxylic acids is 2. The van der Waals surface area contributed by atoms with Crippen molar-refractivity contribution in [3.63, 3.8) is 0 Å². The highest BCUT2D eigenvalue weighted by Gasteiger charge is 2.61. The molecule has 2 heterocycles. The van der Waals surface area contributed by atoms with Gasteiger partial charge in [0, 0.05) is 30.5 Å². The summed E-state index contributed by atoms with van der Waals surface area (Å²) in [6.45, 7) is 5.25. The third-order valence-electron chi connectivity index (χ3n) is 5.65. The number of benzene rings is 1. The lowest BCUT2D eigenvalue weighted by molar-refractivity contribution is -0.167. The number of nitrogens with zero attached hydrogens (tertiary/aromatic N) is 3. The SMILES string of the molecule is CC(C)(C)NC(=O)c1c(-c2ccc(F)c(Cl)c2)nn2c1CN(C(N)=O)CC21CC(F)(F)C1. The van der Waals surface area contributed by atoms with Gasteiger partial charge in [0.2, 0.25) is 0 Å². The molecule has 1 fully saturated rings. The quantitative estimate of drug-likeness (QED) is 0.698. The Kier molecular flexibility index (Phi) is 5.00. The maximum Gasteiger partial charge on any atom is 0.315 e. The highest BCUT2D eigenvalue weighted by Crippen LogP contribution is 2.53. The molecule has 4 rings (SSSR count). The minimum atomic E-state index is -2.92. The first-order valence-electron chi connectivity index (χ1n) is 10.0. The fraction of sp³-hybridized carbons (Fsp3) is 0.476. The number of hydrogen-bond donors (Lipinski definition) is 2. The van der Waals surface area contributed by atoms with Crippen LogP contribution in [0.15, 0.2) is 18.2 Å². The molecule has 1 aromatic carbocycles. The fourth-order valence-corrected chi connectivity index (χ4v) is 4.65. The summed E-state index contributed by atoms with van der Waals surface area (Å²) in [6, 6.07) is 3.11. The van der Waals surface area contributed by atoms with Crippen molar-refractivity contribution in [2.24, 2.45) is 5.73 Å². The van der Waals surface area contributed by atoms with E-state index in [1.54, 1.807) is 20.8 Å². The molecular weight excluding hydrogens is 447 g/mol. The van der Waals surface area contributed by atoms with E-state index in [1.807, 2.05) is 0 Å². The number of amides is 3. The van der Waals surface area contributed by atoms with Gasteiger partial charge in [-0.3, -0.25) is 9.48 Å². The van der Waals surface area contributed by atoms with Crippen LogP contribution >= 0.6 is 11.6 Å². The van der Waals surface area contributed by atoms with Gasteiger partial charge < -0.3 is 16.0 Å². The largest absolute Gasteiger partial charge is 0.351 e. The third-order valence-corrected chi connectivity index (χ3v) is 5.94.